The van der Waals surface area contributed by atoms with E-state index in [2.05, 4.69) is 20.3 Å². The molecule has 1 amide bonds. The van der Waals surface area contributed by atoms with Crippen LogP contribution in [-0.4, -0.2) is 38.5 Å². The molecule has 0 fully saturated rings. The third kappa shape index (κ3) is 3.61. The van der Waals surface area contributed by atoms with Crippen LogP contribution in [0.3, 0.4) is 0 Å². The number of H-pyrrole nitrogens is 1. The monoisotopic (exact) mass is 423 g/mol. The quantitative estimate of drug-likeness (QED) is 0.338. The van der Waals surface area contributed by atoms with Crippen LogP contribution in [0.5, 0.6) is 5.75 Å². The van der Waals surface area contributed by atoms with Gasteiger partial charge in [-0.25, -0.2) is 19.1 Å². The lowest BCUT2D eigenvalue weighted by Crippen LogP contribution is -2.47. The van der Waals surface area contributed by atoms with Gasteiger partial charge in [-0.05, 0) is 25.1 Å². The molecule has 0 saturated heterocycles. The van der Waals surface area contributed by atoms with E-state index >= 15 is 0 Å². The molecule has 1 aromatic carbocycles. The molecule has 3 heterocycles. The van der Waals surface area contributed by atoms with Crippen LogP contribution in [0, 0.1) is 0 Å². The third-order valence-electron chi connectivity index (χ3n) is 5.02. The highest BCUT2D eigenvalue weighted by molar-refractivity contribution is 5.98. The van der Waals surface area contributed by atoms with Gasteiger partial charge in [0.2, 0.25) is 0 Å². The summed E-state index contributed by atoms with van der Waals surface area (Å²) in [6.07, 6.45) is 1.66. The number of nitrogen functional groups attached to an aromatic ring is 1. The van der Waals surface area contributed by atoms with Crippen LogP contribution < -0.4 is 25.5 Å². The zero-order valence-corrected chi connectivity index (χ0v) is 17.0. The van der Waals surface area contributed by atoms with Crippen LogP contribution in [0.15, 0.2) is 30.5 Å². The number of anilines is 1. The number of nitrogens with one attached hydrogen (secondary N) is 2. The second-order valence-electron chi connectivity index (χ2n) is 6.82. The van der Waals surface area contributed by atoms with Gasteiger partial charge in [-0.3, -0.25) is 4.79 Å². The molecule has 0 aliphatic heterocycles. The zero-order chi connectivity index (χ0) is 22.1. The van der Waals surface area contributed by atoms with Crippen LogP contribution in [0.4, 0.5) is 5.82 Å². The highest BCUT2D eigenvalue weighted by Crippen LogP contribution is 2.21. The Hall–Kier alpha value is -4.15. The summed E-state index contributed by atoms with van der Waals surface area (Å²) in [6.45, 7) is 2.16. The number of rotatable bonds is 7. The van der Waals surface area contributed by atoms with Crippen molar-refractivity contribution in [2.75, 3.05) is 12.8 Å². The summed E-state index contributed by atoms with van der Waals surface area (Å²) in [4.78, 5) is 35.5. The SMILES string of the molecule is CCn1c(CNC(=O)c2nc3cc[nH]c3nc2N)[n+](CC(=O)[O-])c2ccc(OC)cc21. The molecule has 0 bridgehead atoms. The first-order valence-electron chi connectivity index (χ1n) is 9.60. The number of aromatic nitrogens is 5. The second kappa shape index (κ2) is 7.94. The van der Waals surface area contributed by atoms with Crippen LogP contribution in [-0.2, 0) is 24.4 Å². The minimum atomic E-state index is -1.24. The molecule has 0 unspecified atom stereocenters. The van der Waals surface area contributed by atoms with Gasteiger partial charge in [-0.1, -0.05) is 0 Å². The van der Waals surface area contributed by atoms with Gasteiger partial charge in [0.05, 0.1) is 19.6 Å². The lowest BCUT2D eigenvalue weighted by atomic mass is 10.3. The number of carbonyl (C=O) groups is 2. The molecule has 160 valence electrons. The van der Waals surface area contributed by atoms with Crippen molar-refractivity contribution in [3.63, 3.8) is 0 Å². The molecule has 0 spiro atoms. The number of imidazole rings is 1. The Morgan fingerprint density at radius 2 is 2.13 bits per heavy atom. The van der Waals surface area contributed by atoms with Crippen molar-refractivity contribution in [1.82, 2.24) is 24.8 Å². The maximum Gasteiger partial charge on any atom is 0.277 e. The summed E-state index contributed by atoms with van der Waals surface area (Å²) < 4.78 is 8.80. The van der Waals surface area contributed by atoms with Gasteiger partial charge in [0.25, 0.3) is 11.7 Å². The first kappa shape index (κ1) is 20.1. The van der Waals surface area contributed by atoms with Crippen molar-refractivity contribution in [2.24, 2.45) is 0 Å². The average Bonchev–Trinajstić information content (AvgIpc) is 3.32. The molecule has 0 atom stereocenters. The van der Waals surface area contributed by atoms with Gasteiger partial charge in [-0.15, -0.1) is 0 Å². The molecule has 0 radical (unpaired) electrons. The number of fused-ring (bicyclic) bond motifs is 2. The van der Waals surface area contributed by atoms with Gasteiger partial charge in [-0.2, -0.15) is 0 Å². The number of aliphatic carboxylic acids is 1. The summed E-state index contributed by atoms with van der Waals surface area (Å²) in [5, 5.41) is 14.2. The minimum Gasteiger partial charge on any atom is -0.546 e. The molecule has 0 saturated carbocycles. The Balaban J connectivity index is 1.71. The Morgan fingerprint density at radius 1 is 1.32 bits per heavy atom. The molecule has 0 aliphatic carbocycles. The molecule has 4 N–H and O–H groups in total. The fraction of sp³-hybridized carbons (Fsp3) is 0.250. The van der Waals surface area contributed by atoms with E-state index in [0.717, 1.165) is 5.52 Å². The number of carbonyl (C=O) groups excluding carboxylic acids is 2. The van der Waals surface area contributed by atoms with Crippen molar-refractivity contribution >= 4 is 39.9 Å². The number of carboxylic acid groups (broad SMARTS) is 1. The average molecular weight is 423 g/mol. The molecule has 4 aromatic rings. The summed E-state index contributed by atoms with van der Waals surface area (Å²) in [6, 6.07) is 7.03. The zero-order valence-electron chi connectivity index (χ0n) is 17.0. The Kier molecular flexibility index (Phi) is 5.15. The van der Waals surface area contributed by atoms with E-state index in [1.165, 1.54) is 0 Å². The molecule has 11 nitrogen and oxygen atoms in total. The first-order chi connectivity index (χ1) is 14.9. The summed E-state index contributed by atoms with van der Waals surface area (Å²) in [7, 11) is 1.56. The smallest absolute Gasteiger partial charge is 0.277 e. The normalized spacial score (nSPS) is 11.2. The van der Waals surface area contributed by atoms with Crippen molar-refractivity contribution in [3.05, 3.63) is 42.0 Å². The lowest BCUT2D eigenvalue weighted by molar-refractivity contribution is -0.674. The summed E-state index contributed by atoms with van der Waals surface area (Å²) in [5.41, 5.74) is 8.36. The van der Waals surface area contributed by atoms with Crippen molar-refractivity contribution in [3.8, 4) is 5.75 Å². The fourth-order valence-electron chi connectivity index (χ4n) is 3.64. The molecule has 0 aliphatic rings. The van der Waals surface area contributed by atoms with Crippen LogP contribution >= 0.6 is 0 Å². The van der Waals surface area contributed by atoms with Crippen molar-refractivity contribution in [1.29, 1.82) is 0 Å². The molecule has 31 heavy (non-hydrogen) atoms. The molecule has 3 aromatic heterocycles. The van der Waals surface area contributed by atoms with Crippen LogP contribution in [0.1, 0.15) is 23.2 Å². The maximum atomic E-state index is 12.8. The second-order valence-corrected chi connectivity index (χ2v) is 6.82. The topological polar surface area (TPSA) is 155 Å². The number of ether oxygens (including phenoxy) is 1. The van der Waals surface area contributed by atoms with E-state index in [1.807, 2.05) is 17.6 Å². The van der Waals surface area contributed by atoms with Gasteiger partial charge >= 0.3 is 0 Å². The number of hydrogen-bond donors (Lipinski definition) is 3. The predicted molar refractivity (Wildman–Crippen MR) is 109 cm³/mol. The van der Waals surface area contributed by atoms with E-state index in [1.54, 1.807) is 36.1 Å². The maximum absolute atomic E-state index is 12.8. The number of carboxylic acids is 1. The Labute approximate surface area is 176 Å². The van der Waals surface area contributed by atoms with Crippen LogP contribution in [0.25, 0.3) is 22.2 Å². The third-order valence-corrected chi connectivity index (χ3v) is 5.02. The van der Waals surface area contributed by atoms with Crippen molar-refractivity contribution in [2.45, 2.75) is 26.6 Å². The molecule has 4 rings (SSSR count). The number of nitrogens with two attached hydrogens (primary N) is 1. The predicted octanol–water partition coefficient (Wildman–Crippen LogP) is -0.509. The van der Waals surface area contributed by atoms with Gasteiger partial charge in [0.1, 0.15) is 24.4 Å². The number of nitrogens with zero attached hydrogens (tertiary/aromatic N) is 4. The molecular weight excluding hydrogens is 402 g/mol. The number of benzene rings is 1. The highest BCUT2D eigenvalue weighted by Gasteiger charge is 2.26. The largest absolute Gasteiger partial charge is 0.546 e. The number of aryl methyl sites for hydroxylation is 1. The summed E-state index contributed by atoms with van der Waals surface area (Å²) >= 11 is 0. The Bertz CT molecular complexity index is 1310. The van der Waals surface area contributed by atoms with E-state index in [-0.39, 0.29) is 24.6 Å². The van der Waals surface area contributed by atoms with E-state index < -0.39 is 11.9 Å². The number of methoxy groups -OCH3 is 1. The molecular formula is C20H21N7O4. The van der Waals surface area contributed by atoms with E-state index in [4.69, 9.17) is 10.5 Å². The summed E-state index contributed by atoms with van der Waals surface area (Å²) in [5.74, 6) is -0.540. The number of aromatic amines is 1. The highest BCUT2D eigenvalue weighted by atomic mass is 16.5. The van der Waals surface area contributed by atoms with E-state index in [0.29, 0.717) is 34.8 Å². The standard InChI is InChI=1S/C20H21N7O4/c1-3-26-14-8-11(31-2)4-5-13(14)27(10-16(28)29)15(26)9-23-20(30)17-18(21)25-19-12(24-17)6-7-22-19/h4-8H,3,9-10H2,1-2H3,(H4-,21,22,23,24,25,28,29,30). The first-order valence-corrected chi connectivity index (χ1v) is 9.60. The van der Waals surface area contributed by atoms with Gasteiger partial charge in [0, 0.05) is 12.3 Å². The fourth-order valence-corrected chi connectivity index (χ4v) is 3.64. The van der Waals surface area contributed by atoms with E-state index in [9.17, 15) is 14.7 Å². The Morgan fingerprint density at radius 3 is 2.84 bits per heavy atom. The van der Waals surface area contributed by atoms with Gasteiger partial charge in [0.15, 0.2) is 28.2 Å². The number of amides is 1. The van der Waals surface area contributed by atoms with Crippen molar-refractivity contribution < 1.29 is 24.0 Å². The van der Waals surface area contributed by atoms with Crippen LogP contribution in [0.2, 0.25) is 0 Å². The number of hydrogen-bond acceptors (Lipinski definition) is 7. The molecule has 11 heteroatoms. The van der Waals surface area contributed by atoms with Gasteiger partial charge < -0.3 is 30.7 Å². The minimum absolute atomic E-state index is 0.000574. The lowest BCUT2D eigenvalue weighted by Gasteiger charge is -2.08.